The van der Waals surface area contributed by atoms with Gasteiger partial charge in [0.1, 0.15) is 5.57 Å². The molecule has 0 aromatic heterocycles. The summed E-state index contributed by atoms with van der Waals surface area (Å²) in [5, 5.41) is 10.9. The minimum Gasteiger partial charge on any atom is -0.507 e. The minimum atomic E-state index is -0.792. The van der Waals surface area contributed by atoms with Crippen molar-refractivity contribution in [3.63, 3.8) is 0 Å². The van der Waals surface area contributed by atoms with E-state index in [9.17, 15) is 9.90 Å². The third-order valence-electron chi connectivity index (χ3n) is 3.96. The van der Waals surface area contributed by atoms with E-state index in [2.05, 4.69) is 0 Å². The second kappa shape index (κ2) is 4.27. The molecule has 0 unspecified atom stereocenters. The zero-order valence-corrected chi connectivity index (χ0v) is 11.5. The molecule has 0 atom stereocenters. The van der Waals surface area contributed by atoms with Crippen LogP contribution in [0.15, 0.2) is 24.0 Å². The van der Waals surface area contributed by atoms with Crippen LogP contribution >= 0.6 is 11.6 Å². The van der Waals surface area contributed by atoms with E-state index in [4.69, 9.17) is 16.3 Å². The van der Waals surface area contributed by atoms with Gasteiger partial charge in [0, 0.05) is 10.6 Å². The monoisotopic (exact) mass is 278 g/mol. The number of carbonyl (C=O) groups is 1. The van der Waals surface area contributed by atoms with Gasteiger partial charge in [-0.1, -0.05) is 23.2 Å². The van der Waals surface area contributed by atoms with Crippen LogP contribution in [0.5, 0.6) is 0 Å². The van der Waals surface area contributed by atoms with Gasteiger partial charge in [-0.3, -0.25) is 0 Å². The normalized spacial score (nSPS) is 21.3. The minimum absolute atomic E-state index is 0.0579. The molecule has 1 aliphatic carbocycles. The number of carbonyl (C=O) groups excluding carboxylic acids is 1. The van der Waals surface area contributed by atoms with Gasteiger partial charge < -0.3 is 9.84 Å². The summed E-state index contributed by atoms with van der Waals surface area (Å²) in [5.41, 5.74) is 0.989. The fraction of sp³-hybridized carbons (Fsp3) is 0.400. The fourth-order valence-electron chi connectivity index (χ4n) is 2.95. The second-order valence-corrected chi connectivity index (χ2v) is 5.71. The van der Waals surface area contributed by atoms with E-state index in [-0.39, 0.29) is 11.3 Å². The summed E-state index contributed by atoms with van der Waals surface area (Å²) in [7, 11) is 0. The maximum absolute atomic E-state index is 12.1. The number of benzene rings is 1. The molecule has 1 fully saturated rings. The lowest BCUT2D eigenvalue weighted by Crippen LogP contribution is -2.27. The largest absolute Gasteiger partial charge is 0.507 e. The van der Waals surface area contributed by atoms with Gasteiger partial charge in [-0.2, -0.15) is 0 Å². The average Bonchev–Trinajstić information content (AvgIpc) is 2.91. The number of halogens is 1. The van der Waals surface area contributed by atoms with Gasteiger partial charge in [-0.15, -0.1) is 0 Å². The van der Waals surface area contributed by atoms with E-state index in [1.165, 1.54) is 0 Å². The van der Waals surface area contributed by atoms with Crippen LogP contribution in [0.4, 0.5) is 0 Å². The Bertz CT molecular complexity index is 583. The Morgan fingerprint density at radius 2 is 2.00 bits per heavy atom. The molecule has 1 N–H and O–H groups in total. The topological polar surface area (TPSA) is 46.5 Å². The van der Waals surface area contributed by atoms with Crippen molar-refractivity contribution in [1.29, 1.82) is 0 Å². The Balaban J connectivity index is 2.15. The predicted octanol–water partition coefficient (Wildman–Crippen LogP) is 3.79. The molecule has 1 spiro atoms. The molecule has 2 aliphatic rings. The molecule has 0 bridgehead atoms. The zero-order valence-electron chi connectivity index (χ0n) is 10.7. The van der Waals surface area contributed by atoms with Crippen molar-refractivity contribution in [3.05, 3.63) is 40.1 Å². The van der Waals surface area contributed by atoms with Gasteiger partial charge in [0.25, 0.3) is 0 Å². The number of ether oxygens (including phenoxy) is 1. The molecule has 3 rings (SSSR count). The standard InChI is InChI=1S/C15H15ClO3/c1-9-4-5-11(16)10(8-9)12-13(17)15(19-14(12)18)6-2-3-7-15/h4-5,8,17H,2-3,6-7H2,1H3. The van der Waals surface area contributed by atoms with Gasteiger partial charge in [0.2, 0.25) is 0 Å². The average molecular weight is 279 g/mol. The number of aryl methyl sites for hydroxylation is 1. The number of hydrogen-bond acceptors (Lipinski definition) is 3. The van der Waals surface area contributed by atoms with Crippen LogP contribution in [0.2, 0.25) is 5.02 Å². The summed E-state index contributed by atoms with van der Waals surface area (Å²) in [5.74, 6) is -0.408. The Hall–Kier alpha value is -1.48. The number of aliphatic hydroxyl groups excluding tert-OH is 1. The maximum Gasteiger partial charge on any atom is 0.343 e. The van der Waals surface area contributed by atoms with Crippen molar-refractivity contribution >= 4 is 23.1 Å². The van der Waals surface area contributed by atoms with E-state index in [0.29, 0.717) is 23.4 Å². The molecular formula is C15H15ClO3. The molecule has 3 nitrogen and oxygen atoms in total. The van der Waals surface area contributed by atoms with Crippen LogP contribution in [0.1, 0.15) is 36.8 Å². The van der Waals surface area contributed by atoms with Gasteiger partial charge >= 0.3 is 5.97 Å². The highest BCUT2D eigenvalue weighted by Gasteiger charge is 2.50. The molecule has 0 radical (unpaired) electrons. The van der Waals surface area contributed by atoms with E-state index >= 15 is 0 Å². The smallest absolute Gasteiger partial charge is 0.343 e. The van der Waals surface area contributed by atoms with Crippen molar-refractivity contribution in [2.75, 3.05) is 0 Å². The zero-order chi connectivity index (χ0) is 13.6. The molecular weight excluding hydrogens is 264 g/mol. The molecule has 100 valence electrons. The Labute approximate surface area is 116 Å². The third-order valence-corrected chi connectivity index (χ3v) is 4.29. The number of rotatable bonds is 1. The van der Waals surface area contributed by atoms with Gasteiger partial charge in [0.05, 0.1) is 0 Å². The van der Waals surface area contributed by atoms with Gasteiger partial charge in [-0.05, 0) is 44.7 Å². The molecule has 1 aromatic rings. The Morgan fingerprint density at radius 3 is 2.68 bits per heavy atom. The first-order valence-electron chi connectivity index (χ1n) is 6.47. The highest BCUT2D eigenvalue weighted by Crippen LogP contribution is 2.47. The third kappa shape index (κ3) is 1.84. The lowest BCUT2D eigenvalue weighted by Gasteiger charge is -2.21. The SMILES string of the molecule is Cc1ccc(Cl)c(C2=C(O)C3(CCCC3)OC2=O)c1. The first-order valence-corrected chi connectivity index (χ1v) is 6.85. The van der Waals surface area contributed by atoms with Crippen molar-refractivity contribution in [3.8, 4) is 0 Å². The van der Waals surface area contributed by atoms with E-state index in [0.717, 1.165) is 18.4 Å². The van der Waals surface area contributed by atoms with Crippen LogP contribution in [0.25, 0.3) is 5.57 Å². The lowest BCUT2D eigenvalue weighted by atomic mass is 9.95. The van der Waals surface area contributed by atoms with E-state index < -0.39 is 11.6 Å². The van der Waals surface area contributed by atoms with E-state index in [1.807, 2.05) is 19.1 Å². The summed E-state index contributed by atoms with van der Waals surface area (Å²) in [6.45, 7) is 1.92. The quantitative estimate of drug-likeness (QED) is 0.795. The lowest BCUT2D eigenvalue weighted by molar-refractivity contribution is -0.146. The van der Waals surface area contributed by atoms with Gasteiger partial charge in [0.15, 0.2) is 11.4 Å². The number of esters is 1. The van der Waals surface area contributed by atoms with Crippen molar-refractivity contribution in [2.24, 2.45) is 0 Å². The van der Waals surface area contributed by atoms with Crippen molar-refractivity contribution in [2.45, 2.75) is 38.2 Å². The Morgan fingerprint density at radius 1 is 1.32 bits per heavy atom. The van der Waals surface area contributed by atoms with Gasteiger partial charge in [-0.25, -0.2) is 4.79 Å². The molecule has 1 aliphatic heterocycles. The Kier molecular flexibility index (Phi) is 2.82. The number of hydrogen-bond donors (Lipinski definition) is 1. The molecule has 0 saturated heterocycles. The summed E-state index contributed by atoms with van der Waals surface area (Å²) in [4.78, 5) is 12.1. The molecule has 4 heteroatoms. The van der Waals surface area contributed by atoms with Crippen LogP contribution in [-0.2, 0) is 9.53 Å². The summed E-state index contributed by atoms with van der Waals surface area (Å²) in [6, 6.07) is 5.41. The summed E-state index contributed by atoms with van der Waals surface area (Å²) >= 11 is 6.15. The highest BCUT2D eigenvalue weighted by molar-refractivity contribution is 6.35. The summed E-state index contributed by atoms with van der Waals surface area (Å²) in [6.07, 6.45) is 3.31. The highest BCUT2D eigenvalue weighted by atomic mass is 35.5. The predicted molar refractivity (Wildman–Crippen MR) is 73.0 cm³/mol. The molecule has 1 saturated carbocycles. The molecule has 1 aromatic carbocycles. The van der Waals surface area contributed by atoms with Crippen molar-refractivity contribution < 1.29 is 14.6 Å². The first-order chi connectivity index (χ1) is 9.03. The number of aliphatic hydroxyl groups is 1. The fourth-order valence-corrected chi connectivity index (χ4v) is 3.17. The first kappa shape index (κ1) is 12.5. The molecule has 19 heavy (non-hydrogen) atoms. The van der Waals surface area contributed by atoms with Crippen molar-refractivity contribution in [1.82, 2.24) is 0 Å². The summed E-state index contributed by atoms with van der Waals surface area (Å²) < 4.78 is 5.46. The molecule has 1 heterocycles. The van der Waals surface area contributed by atoms with Crippen LogP contribution in [0.3, 0.4) is 0 Å². The maximum atomic E-state index is 12.1. The van der Waals surface area contributed by atoms with Crippen LogP contribution < -0.4 is 0 Å². The van der Waals surface area contributed by atoms with Crippen LogP contribution in [0, 0.1) is 6.92 Å². The van der Waals surface area contributed by atoms with E-state index in [1.54, 1.807) is 6.07 Å². The van der Waals surface area contributed by atoms with Crippen LogP contribution in [-0.4, -0.2) is 16.7 Å². The second-order valence-electron chi connectivity index (χ2n) is 5.30. The molecule has 0 amide bonds.